The first-order chi connectivity index (χ1) is 14.6. The van der Waals surface area contributed by atoms with E-state index in [1.165, 1.54) is 0 Å². The molecule has 0 unspecified atom stereocenters. The summed E-state index contributed by atoms with van der Waals surface area (Å²) in [5, 5.41) is 15.8. The summed E-state index contributed by atoms with van der Waals surface area (Å²) in [6.45, 7) is 4.74. The van der Waals surface area contributed by atoms with Crippen molar-refractivity contribution in [2.45, 2.75) is 26.7 Å². The van der Waals surface area contributed by atoms with Crippen LogP contribution in [0.3, 0.4) is 0 Å². The van der Waals surface area contributed by atoms with Gasteiger partial charge in [0.05, 0.1) is 26.3 Å². The van der Waals surface area contributed by atoms with Crippen LogP contribution in [0.25, 0.3) is 17.0 Å². The smallest absolute Gasteiger partial charge is 0.231 e. The summed E-state index contributed by atoms with van der Waals surface area (Å²) in [7, 11) is 3.19. The van der Waals surface area contributed by atoms with Crippen molar-refractivity contribution in [2.24, 2.45) is 5.92 Å². The molecule has 3 aromatic rings. The molecule has 0 saturated heterocycles. The van der Waals surface area contributed by atoms with Crippen molar-refractivity contribution in [3.8, 4) is 28.8 Å². The van der Waals surface area contributed by atoms with E-state index in [0.29, 0.717) is 47.6 Å². The molecule has 3 rings (SSSR count). The number of carbonyl (C=O) groups is 1. The SMILES string of the molecule is CCC(CC)C(=O)NCCOc1ccc2nnc(-c3cc(OC)ccc3OC)n2n1. The second-order valence-corrected chi connectivity index (χ2v) is 6.68. The average molecular weight is 413 g/mol. The van der Waals surface area contributed by atoms with E-state index >= 15 is 0 Å². The van der Waals surface area contributed by atoms with Gasteiger partial charge in [-0.05, 0) is 37.1 Å². The molecule has 30 heavy (non-hydrogen) atoms. The molecule has 2 aromatic heterocycles. The molecule has 1 N–H and O–H groups in total. The lowest BCUT2D eigenvalue weighted by Crippen LogP contribution is -2.33. The second kappa shape index (κ2) is 9.91. The molecule has 9 heteroatoms. The minimum Gasteiger partial charge on any atom is -0.497 e. The Labute approximate surface area is 175 Å². The highest BCUT2D eigenvalue weighted by molar-refractivity contribution is 5.78. The van der Waals surface area contributed by atoms with E-state index in [4.69, 9.17) is 14.2 Å². The number of nitrogens with one attached hydrogen (secondary N) is 1. The largest absolute Gasteiger partial charge is 0.497 e. The third-order valence-electron chi connectivity index (χ3n) is 4.89. The van der Waals surface area contributed by atoms with Crippen molar-refractivity contribution in [3.63, 3.8) is 0 Å². The van der Waals surface area contributed by atoms with Crippen LogP contribution in [0.2, 0.25) is 0 Å². The van der Waals surface area contributed by atoms with E-state index in [2.05, 4.69) is 20.6 Å². The summed E-state index contributed by atoms with van der Waals surface area (Å²) in [5.74, 6) is 2.30. The first kappa shape index (κ1) is 21.4. The van der Waals surface area contributed by atoms with Gasteiger partial charge in [0.2, 0.25) is 11.8 Å². The van der Waals surface area contributed by atoms with Crippen LogP contribution < -0.4 is 19.5 Å². The van der Waals surface area contributed by atoms with Crippen LogP contribution in [0.15, 0.2) is 30.3 Å². The van der Waals surface area contributed by atoms with Gasteiger partial charge in [0.15, 0.2) is 11.5 Å². The van der Waals surface area contributed by atoms with Gasteiger partial charge >= 0.3 is 0 Å². The molecule has 0 aliphatic rings. The molecule has 0 spiro atoms. The van der Waals surface area contributed by atoms with E-state index in [-0.39, 0.29) is 11.8 Å². The van der Waals surface area contributed by atoms with Crippen molar-refractivity contribution in [2.75, 3.05) is 27.4 Å². The molecule has 0 aliphatic heterocycles. The van der Waals surface area contributed by atoms with Crippen LogP contribution in [0.5, 0.6) is 17.4 Å². The number of rotatable bonds is 10. The molecule has 1 aromatic carbocycles. The molecule has 0 aliphatic carbocycles. The molecule has 0 atom stereocenters. The van der Waals surface area contributed by atoms with Gasteiger partial charge < -0.3 is 19.5 Å². The third-order valence-corrected chi connectivity index (χ3v) is 4.89. The minimum atomic E-state index is 0.0388. The van der Waals surface area contributed by atoms with Crippen LogP contribution in [0.4, 0.5) is 0 Å². The monoisotopic (exact) mass is 413 g/mol. The number of amides is 1. The fraction of sp³-hybridized carbons (Fsp3) is 0.429. The van der Waals surface area contributed by atoms with Gasteiger partial charge in [-0.1, -0.05) is 13.8 Å². The standard InChI is InChI=1S/C21H27N5O4/c1-5-14(6-2)21(27)22-11-12-30-19-10-9-18-23-24-20(26(18)25-19)16-13-15(28-3)7-8-17(16)29-4/h7-10,13-14H,5-6,11-12H2,1-4H3,(H,22,27). The van der Waals surface area contributed by atoms with Crippen molar-refractivity contribution >= 4 is 11.6 Å². The summed E-state index contributed by atoms with van der Waals surface area (Å²) < 4.78 is 18.1. The Morgan fingerprint density at radius 1 is 1.10 bits per heavy atom. The highest BCUT2D eigenvalue weighted by Gasteiger charge is 2.16. The zero-order valence-corrected chi connectivity index (χ0v) is 17.7. The van der Waals surface area contributed by atoms with E-state index in [1.807, 2.05) is 26.0 Å². The van der Waals surface area contributed by atoms with Gasteiger partial charge in [-0.2, -0.15) is 4.52 Å². The van der Waals surface area contributed by atoms with Crippen molar-refractivity contribution in [1.29, 1.82) is 0 Å². The molecular weight excluding hydrogens is 386 g/mol. The number of carbonyl (C=O) groups excluding carboxylic acids is 1. The van der Waals surface area contributed by atoms with E-state index < -0.39 is 0 Å². The van der Waals surface area contributed by atoms with Gasteiger partial charge in [-0.25, -0.2) is 0 Å². The molecular formula is C21H27N5O4. The molecule has 160 valence electrons. The Morgan fingerprint density at radius 3 is 2.60 bits per heavy atom. The molecule has 2 heterocycles. The Morgan fingerprint density at radius 2 is 1.90 bits per heavy atom. The van der Waals surface area contributed by atoms with Crippen molar-refractivity contribution in [1.82, 2.24) is 25.1 Å². The summed E-state index contributed by atoms with van der Waals surface area (Å²) in [4.78, 5) is 12.0. The van der Waals surface area contributed by atoms with Crippen LogP contribution in [-0.4, -0.2) is 53.1 Å². The molecule has 0 fully saturated rings. The Bertz CT molecular complexity index is 1000. The van der Waals surface area contributed by atoms with Crippen molar-refractivity contribution in [3.05, 3.63) is 30.3 Å². The third kappa shape index (κ3) is 4.61. The van der Waals surface area contributed by atoms with Gasteiger partial charge in [-0.15, -0.1) is 15.3 Å². The summed E-state index contributed by atoms with van der Waals surface area (Å²) >= 11 is 0. The maximum Gasteiger partial charge on any atom is 0.231 e. The molecule has 0 saturated carbocycles. The first-order valence-corrected chi connectivity index (χ1v) is 9.96. The zero-order valence-electron chi connectivity index (χ0n) is 17.7. The highest BCUT2D eigenvalue weighted by atomic mass is 16.5. The fourth-order valence-electron chi connectivity index (χ4n) is 3.14. The maximum absolute atomic E-state index is 12.0. The number of ether oxygens (including phenoxy) is 3. The van der Waals surface area contributed by atoms with E-state index in [0.717, 1.165) is 12.8 Å². The number of benzene rings is 1. The summed E-state index contributed by atoms with van der Waals surface area (Å²) in [5.41, 5.74) is 1.27. The van der Waals surface area contributed by atoms with E-state index in [9.17, 15) is 4.79 Å². The summed E-state index contributed by atoms with van der Waals surface area (Å²) in [6, 6.07) is 8.92. The molecule has 0 radical (unpaired) electrons. The predicted octanol–water partition coefficient (Wildman–Crippen LogP) is 2.74. The quantitative estimate of drug-likeness (QED) is 0.510. The average Bonchev–Trinajstić information content (AvgIpc) is 3.20. The second-order valence-electron chi connectivity index (χ2n) is 6.68. The Balaban J connectivity index is 1.75. The van der Waals surface area contributed by atoms with Crippen molar-refractivity contribution < 1.29 is 19.0 Å². The lowest BCUT2D eigenvalue weighted by atomic mass is 10.0. The Kier molecular flexibility index (Phi) is 7.05. The topological polar surface area (TPSA) is 99.9 Å². The lowest BCUT2D eigenvalue weighted by Gasteiger charge is -2.13. The number of nitrogens with zero attached hydrogens (tertiary/aromatic N) is 4. The van der Waals surface area contributed by atoms with Crippen LogP contribution in [0.1, 0.15) is 26.7 Å². The number of hydrogen-bond acceptors (Lipinski definition) is 7. The summed E-state index contributed by atoms with van der Waals surface area (Å²) in [6.07, 6.45) is 1.65. The molecule has 9 nitrogen and oxygen atoms in total. The van der Waals surface area contributed by atoms with Crippen LogP contribution in [0, 0.1) is 5.92 Å². The molecule has 1 amide bonds. The van der Waals surface area contributed by atoms with Gasteiger partial charge in [0, 0.05) is 12.0 Å². The maximum atomic E-state index is 12.0. The molecule has 0 bridgehead atoms. The van der Waals surface area contributed by atoms with Crippen LogP contribution >= 0.6 is 0 Å². The number of methoxy groups -OCH3 is 2. The minimum absolute atomic E-state index is 0.0388. The van der Waals surface area contributed by atoms with Gasteiger partial charge in [0.1, 0.15) is 18.1 Å². The lowest BCUT2D eigenvalue weighted by molar-refractivity contribution is -0.125. The fourth-order valence-corrected chi connectivity index (χ4v) is 3.14. The highest BCUT2D eigenvalue weighted by Crippen LogP contribution is 2.32. The normalized spacial score (nSPS) is 11.0. The number of aromatic nitrogens is 4. The van der Waals surface area contributed by atoms with Gasteiger partial charge in [-0.3, -0.25) is 4.79 Å². The van der Waals surface area contributed by atoms with Crippen LogP contribution in [-0.2, 0) is 4.79 Å². The first-order valence-electron chi connectivity index (χ1n) is 9.96. The predicted molar refractivity (Wildman–Crippen MR) is 112 cm³/mol. The van der Waals surface area contributed by atoms with Gasteiger partial charge in [0.25, 0.3) is 0 Å². The van der Waals surface area contributed by atoms with E-state index in [1.54, 1.807) is 36.9 Å². The Hall–Kier alpha value is -3.36. The zero-order chi connectivity index (χ0) is 21.5. The number of hydrogen-bond donors (Lipinski definition) is 1. The number of fused-ring (bicyclic) bond motifs is 1.